The van der Waals surface area contributed by atoms with Crippen molar-refractivity contribution in [3.05, 3.63) is 45.9 Å². The van der Waals surface area contributed by atoms with Gasteiger partial charge in [-0.2, -0.15) is 0 Å². The molecule has 2 aromatic rings. The Morgan fingerprint density at radius 2 is 2.27 bits per heavy atom. The molecule has 1 saturated heterocycles. The van der Waals surface area contributed by atoms with Crippen LogP contribution < -0.4 is 5.32 Å². The second-order valence-corrected chi connectivity index (χ2v) is 7.86. The first kappa shape index (κ1) is 18.7. The molecule has 2 amide bonds. The van der Waals surface area contributed by atoms with Crippen molar-refractivity contribution in [2.45, 2.75) is 51.5 Å². The van der Waals surface area contributed by atoms with E-state index in [1.54, 1.807) is 17.4 Å². The minimum Gasteiger partial charge on any atom is -0.508 e. The van der Waals surface area contributed by atoms with Crippen molar-refractivity contribution >= 4 is 17.4 Å². The Bertz CT molecular complexity index is 731. The number of piperidine rings is 1. The molecule has 2 heterocycles. The lowest BCUT2D eigenvalue weighted by Crippen LogP contribution is -2.49. The molecule has 1 fully saturated rings. The number of carbonyl (C=O) groups excluding carboxylic acids is 1. The number of aryl methyl sites for hydroxylation is 2. The van der Waals surface area contributed by atoms with E-state index in [0.717, 1.165) is 54.9 Å². The van der Waals surface area contributed by atoms with E-state index in [1.165, 1.54) is 6.42 Å². The fraction of sp³-hybridized carbons (Fsp3) is 0.500. The Hall–Kier alpha value is -2.08. The smallest absolute Gasteiger partial charge is 0.317 e. The van der Waals surface area contributed by atoms with Gasteiger partial charge in [0.2, 0.25) is 0 Å². The summed E-state index contributed by atoms with van der Waals surface area (Å²) >= 11 is 1.65. The van der Waals surface area contributed by atoms with Crippen molar-refractivity contribution in [2.75, 3.05) is 13.1 Å². The molecule has 1 aromatic carbocycles. The van der Waals surface area contributed by atoms with E-state index in [0.29, 0.717) is 12.3 Å². The van der Waals surface area contributed by atoms with Crippen molar-refractivity contribution in [2.24, 2.45) is 0 Å². The van der Waals surface area contributed by atoms with Gasteiger partial charge in [-0.3, -0.25) is 0 Å². The highest BCUT2D eigenvalue weighted by Crippen LogP contribution is 2.22. The molecular formula is C20H27N3O2S. The lowest BCUT2D eigenvalue weighted by Gasteiger charge is -2.36. The minimum atomic E-state index is 0.0406. The van der Waals surface area contributed by atoms with Gasteiger partial charge < -0.3 is 15.3 Å². The predicted molar refractivity (Wildman–Crippen MR) is 105 cm³/mol. The van der Waals surface area contributed by atoms with Gasteiger partial charge in [-0.25, -0.2) is 9.78 Å². The molecule has 0 bridgehead atoms. The van der Waals surface area contributed by atoms with Crippen molar-refractivity contribution < 1.29 is 9.90 Å². The number of nitrogens with one attached hydrogen (secondary N) is 1. The highest BCUT2D eigenvalue weighted by molar-refractivity contribution is 7.09. The highest BCUT2D eigenvalue weighted by Gasteiger charge is 2.26. The molecular weight excluding hydrogens is 346 g/mol. The third-order valence-electron chi connectivity index (χ3n) is 4.85. The number of aromatic nitrogens is 1. The summed E-state index contributed by atoms with van der Waals surface area (Å²) in [6, 6.07) is 7.71. The molecule has 1 atom stereocenters. The molecule has 0 aliphatic carbocycles. The van der Waals surface area contributed by atoms with Crippen LogP contribution in [0.2, 0.25) is 0 Å². The van der Waals surface area contributed by atoms with Crippen LogP contribution in [0.4, 0.5) is 4.79 Å². The number of urea groups is 1. The number of phenolic OH excluding ortho intramolecular Hbond substituents is 1. The average molecular weight is 374 g/mol. The summed E-state index contributed by atoms with van der Waals surface area (Å²) in [6.45, 7) is 3.44. The van der Waals surface area contributed by atoms with Crippen molar-refractivity contribution in [1.82, 2.24) is 15.2 Å². The van der Waals surface area contributed by atoms with E-state index in [1.807, 2.05) is 35.4 Å². The summed E-state index contributed by atoms with van der Waals surface area (Å²) < 4.78 is 0. The van der Waals surface area contributed by atoms with Crippen LogP contribution in [0.1, 0.15) is 41.9 Å². The molecule has 3 rings (SSSR count). The number of phenols is 1. The molecule has 140 valence electrons. The molecule has 26 heavy (non-hydrogen) atoms. The van der Waals surface area contributed by atoms with Gasteiger partial charge in [-0.15, -0.1) is 11.3 Å². The lowest BCUT2D eigenvalue weighted by molar-refractivity contribution is 0.147. The van der Waals surface area contributed by atoms with Gasteiger partial charge in [0.15, 0.2) is 0 Å². The van der Waals surface area contributed by atoms with Gasteiger partial charge in [0.1, 0.15) is 5.75 Å². The normalized spacial score (nSPS) is 17.3. The van der Waals surface area contributed by atoms with Crippen LogP contribution in [-0.4, -0.2) is 40.2 Å². The van der Waals surface area contributed by atoms with Crippen LogP contribution in [0.5, 0.6) is 5.75 Å². The first-order valence-corrected chi connectivity index (χ1v) is 10.2. The SMILES string of the molecule is Cc1csc(CCNC(=O)N2CCCC[C@H]2CCc2cccc(O)c2)n1. The molecule has 5 nitrogen and oxygen atoms in total. The zero-order valence-corrected chi connectivity index (χ0v) is 16.1. The molecule has 0 spiro atoms. The molecule has 1 aromatic heterocycles. The van der Waals surface area contributed by atoms with Crippen LogP contribution in [0.15, 0.2) is 29.6 Å². The largest absolute Gasteiger partial charge is 0.508 e. The number of amides is 2. The van der Waals surface area contributed by atoms with Gasteiger partial charge in [0.25, 0.3) is 0 Å². The first-order valence-electron chi connectivity index (χ1n) is 9.35. The molecule has 6 heteroatoms. The van der Waals surface area contributed by atoms with Crippen LogP contribution in [0.3, 0.4) is 0 Å². The second-order valence-electron chi connectivity index (χ2n) is 6.92. The Morgan fingerprint density at radius 1 is 1.38 bits per heavy atom. The average Bonchev–Trinajstić information content (AvgIpc) is 3.05. The number of hydrogen-bond acceptors (Lipinski definition) is 4. The zero-order valence-electron chi connectivity index (χ0n) is 15.3. The number of carbonyl (C=O) groups is 1. The van der Waals surface area contributed by atoms with Gasteiger partial charge in [-0.05, 0) is 56.7 Å². The number of nitrogens with zero attached hydrogens (tertiary/aromatic N) is 2. The summed E-state index contributed by atoms with van der Waals surface area (Å²) in [5.41, 5.74) is 2.16. The standard InChI is InChI=1S/C20H27N3O2S/c1-15-14-26-19(22-15)10-11-21-20(25)23-12-3-2-6-17(23)9-8-16-5-4-7-18(24)13-16/h4-5,7,13-14,17,24H,2-3,6,8-12H2,1H3,(H,21,25)/t17-/m0/s1. The number of aromatic hydroxyl groups is 1. The van der Waals surface area contributed by atoms with E-state index >= 15 is 0 Å². The second kappa shape index (κ2) is 9.03. The van der Waals surface area contributed by atoms with Gasteiger partial charge >= 0.3 is 6.03 Å². The van der Waals surface area contributed by atoms with Crippen LogP contribution in [0, 0.1) is 6.92 Å². The van der Waals surface area contributed by atoms with Crippen LogP contribution in [0.25, 0.3) is 0 Å². The summed E-state index contributed by atoms with van der Waals surface area (Å²) in [4.78, 5) is 19.1. The lowest BCUT2D eigenvalue weighted by atomic mass is 9.96. The van der Waals surface area contributed by atoms with Crippen LogP contribution in [-0.2, 0) is 12.8 Å². The summed E-state index contributed by atoms with van der Waals surface area (Å²) in [5, 5.41) is 15.8. The maximum atomic E-state index is 12.6. The maximum absolute atomic E-state index is 12.6. The summed E-state index contributed by atoms with van der Waals surface area (Å²) in [5.74, 6) is 0.304. The zero-order chi connectivity index (χ0) is 18.4. The van der Waals surface area contributed by atoms with Crippen molar-refractivity contribution in [1.29, 1.82) is 0 Å². The Morgan fingerprint density at radius 3 is 3.04 bits per heavy atom. The van der Waals surface area contributed by atoms with E-state index < -0.39 is 0 Å². The topological polar surface area (TPSA) is 65.5 Å². The molecule has 1 aliphatic rings. The van der Waals surface area contributed by atoms with E-state index in [4.69, 9.17) is 0 Å². The predicted octanol–water partition coefficient (Wildman–Crippen LogP) is 3.90. The fourth-order valence-electron chi connectivity index (χ4n) is 3.51. The van der Waals surface area contributed by atoms with E-state index in [2.05, 4.69) is 10.3 Å². The maximum Gasteiger partial charge on any atom is 0.317 e. The third kappa shape index (κ3) is 5.21. The summed E-state index contributed by atoms with van der Waals surface area (Å²) in [6.07, 6.45) is 5.89. The molecule has 0 unspecified atom stereocenters. The quantitative estimate of drug-likeness (QED) is 0.807. The summed E-state index contributed by atoms with van der Waals surface area (Å²) in [7, 11) is 0. The molecule has 0 radical (unpaired) electrons. The molecule has 2 N–H and O–H groups in total. The number of benzene rings is 1. The van der Waals surface area contributed by atoms with Crippen molar-refractivity contribution in [3.8, 4) is 5.75 Å². The number of rotatable bonds is 6. The van der Waals surface area contributed by atoms with Crippen LogP contribution >= 0.6 is 11.3 Å². The number of hydrogen-bond donors (Lipinski definition) is 2. The number of thiazole rings is 1. The van der Waals surface area contributed by atoms with Gasteiger partial charge in [-0.1, -0.05) is 12.1 Å². The number of likely N-dealkylation sites (tertiary alicyclic amines) is 1. The van der Waals surface area contributed by atoms with Gasteiger partial charge in [0, 0.05) is 36.6 Å². The third-order valence-corrected chi connectivity index (χ3v) is 5.87. The Labute approximate surface area is 159 Å². The monoisotopic (exact) mass is 373 g/mol. The molecule has 1 aliphatic heterocycles. The van der Waals surface area contributed by atoms with E-state index in [-0.39, 0.29) is 12.1 Å². The van der Waals surface area contributed by atoms with Crippen molar-refractivity contribution in [3.63, 3.8) is 0 Å². The fourth-order valence-corrected chi connectivity index (χ4v) is 4.28. The van der Waals surface area contributed by atoms with E-state index in [9.17, 15) is 9.90 Å². The molecule has 0 saturated carbocycles. The Balaban J connectivity index is 1.49. The first-order chi connectivity index (χ1) is 12.6. The van der Waals surface area contributed by atoms with Gasteiger partial charge in [0.05, 0.1) is 5.01 Å². The Kier molecular flexibility index (Phi) is 6.50. The highest BCUT2D eigenvalue weighted by atomic mass is 32.1. The minimum absolute atomic E-state index is 0.0406.